The monoisotopic (exact) mass is 363 g/mol. The Kier molecular flexibility index (Phi) is 4.73. The molecule has 0 bridgehead atoms. The number of aromatic nitrogens is 4. The van der Waals surface area contributed by atoms with Gasteiger partial charge in [0.05, 0.1) is 0 Å². The predicted molar refractivity (Wildman–Crippen MR) is 89.5 cm³/mol. The number of anilines is 1. The number of alkyl halides is 1. The molecule has 0 amide bonds. The minimum atomic E-state index is -0.304. The second-order valence-corrected chi connectivity index (χ2v) is 6.57. The SMILES string of the molecule is [CH2]CCC(Br)(N1CCN(c2ncccn2)CC1)n1cccn1. The number of hydrogen-bond acceptors (Lipinski definition) is 5. The summed E-state index contributed by atoms with van der Waals surface area (Å²) in [7, 11) is 0. The molecule has 22 heavy (non-hydrogen) atoms. The molecule has 1 fully saturated rings. The molecule has 1 saturated heterocycles. The number of rotatable bonds is 5. The van der Waals surface area contributed by atoms with Crippen LogP contribution in [0.15, 0.2) is 36.9 Å². The highest BCUT2D eigenvalue weighted by atomic mass is 79.9. The summed E-state index contributed by atoms with van der Waals surface area (Å²) in [6.07, 6.45) is 9.12. The third kappa shape index (κ3) is 3.01. The van der Waals surface area contributed by atoms with Gasteiger partial charge >= 0.3 is 0 Å². The van der Waals surface area contributed by atoms with Crippen LogP contribution in [-0.2, 0) is 4.57 Å². The first-order chi connectivity index (χ1) is 10.7. The van der Waals surface area contributed by atoms with Crippen LogP contribution < -0.4 is 4.90 Å². The lowest BCUT2D eigenvalue weighted by Gasteiger charge is -2.44. The van der Waals surface area contributed by atoms with Crippen molar-refractivity contribution in [3.63, 3.8) is 0 Å². The van der Waals surface area contributed by atoms with E-state index in [0.29, 0.717) is 0 Å². The predicted octanol–water partition coefficient (Wildman–Crippen LogP) is 2.11. The van der Waals surface area contributed by atoms with Crippen molar-refractivity contribution in [2.75, 3.05) is 31.1 Å². The molecular formula is C15H20BrN6. The zero-order valence-corrected chi connectivity index (χ0v) is 14.1. The van der Waals surface area contributed by atoms with Gasteiger partial charge < -0.3 is 4.90 Å². The van der Waals surface area contributed by atoms with Gasteiger partial charge in [0.25, 0.3) is 0 Å². The van der Waals surface area contributed by atoms with Crippen LogP contribution in [0, 0.1) is 6.92 Å². The normalized spacial score (nSPS) is 19.1. The highest BCUT2D eigenvalue weighted by Crippen LogP contribution is 2.34. The number of nitrogens with zero attached hydrogens (tertiary/aromatic N) is 6. The van der Waals surface area contributed by atoms with E-state index in [1.807, 2.05) is 29.2 Å². The van der Waals surface area contributed by atoms with E-state index in [1.165, 1.54) is 0 Å². The first-order valence-corrected chi connectivity index (χ1v) is 8.28. The lowest BCUT2D eigenvalue weighted by Crippen LogP contribution is -2.55. The fraction of sp³-hybridized carbons (Fsp3) is 0.467. The Bertz CT molecular complexity index is 567. The highest BCUT2D eigenvalue weighted by Gasteiger charge is 2.37. The third-order valence-electron chi connectivity index (χ3n) is 3.95. The summed E-state index contributed by atoms with van der Waals surface area (Å²) in [6, 6.07) is 3.79. The molecule has 1 unspecified atom stereocenters. The van der Waals surface area contributed by atoms with Gasteiger partial charge in [-0.15, -0.1) is 0 Å². The van der Waals surface area contributed by atoms with E-state index in [9.17, 15) is 0 Å². The first kappa shape index (κ1) is 15.4. The summed E-state index contributed by atoms with van der Waals surface area (Å²) in [4.78, 5) is 13.3. The van der Waals surface area contributed by atoms with Gasteiger partial charge in [0, 0.05) is 51.0 Å². The minimum absolute atomic E-state index is 0.304. The van der Waals surface area contributed by atoms with E-state index in [4.69, 9.17) is 0 Å². The molecule has 6 nitrogen and oxygen atoms in total. The van der Waals surface area contributed by atoms with Crippen molar-refractivity contribution in [2.24, 2.45) is 0 Å². The maximum atomic E-state index is 4.42. The van der Waals surface area contributed by atoms with Crippen LogP contribution in [0.3, 0.4) is 0 Å². The van der Waals surface area contributed by atoms with Crippen molar-refractivity contribution in [2.45, 2.75) is 17.4 Å². The van der Waals surface area contributed by atoms with Crippen molar-refractivity contribution >= 4 is 21.9 Å². The number of hydrogen-bond donors (Lipinski definition) is 0. The summed E-state index contributed by atoms with van der Waals surface area (Å²) in [5.74, 6) is 0.804. The average Bonchev–Trinajstić information content (AvgIpc) is 3.11. The van der Waals surface area contributed by atoms with Crippen LogP contribution in [0.25, 0.3) is 0 Å². The molecule has 3 heterocycles. The Morgan fingerprint density at radius 1 is 1.09 bits per heavy atom. The highest BCUT2D eigenvalue weighted by molar-refractivity contribution is 9.09. The molecule has 7 heteroatoms. The third-order valence-corrected chi connectivity index (χ3v) is 5.21. The molecule has 1 atom stereocenters. The molecule has 0 aromatic carbocycles. The van der Waals surface area contributed by atoms with Crippen molar-refractivity contribution < 1.29 is 0 Å². The van der Waals surface area contributed by atoms with Crippen molar-refractivity contribution in [1.29, 1.82) is 0 Å². The van der Waals surface area contributed by atoms with Gasteiger partial charge in [0.15, 0.2) is 4.57 Å². The van der Waals surface area contributed by atoms with Crippen LogP contribution in [0.5, 0.6) is 0 Å². The summed E-state index contributed by atoms with van der Waals surface area (Å²) < 4.78 is 1.68. The van der Waals surface area contributed by atoms with Gasteiger partial charge in [-0.05, 0) is 40.9 Å². The fourth-order valence-corrected chi connectivity index (χ4v) is 3.66. The Balaban J connectivity index is 1.71. The molecule has 117 valence electrons. The zero-order chi connectivity index (χ0) is 15.4. The Morgan fingerprint density at radius 3 is 2.41 bits per heavy atom. The quantitative estimate of drug-likeness (QED) is 0.601. The van der Waals surface area contributed by atoms with Crippen molar-refractivity contribution in [3.8, 4) is 0 Å². The molecule has 1 radical (unpaired) electrons. The second-order valence-electron chi connectivity index (χ2n) is 5.30. The molecule has 0 saturated carbocycles. The molecule has 1 aliphatic rings. The molecule has 0 spiro atoms. The van der Waals surface area contributed by atoms with Crippen LogP contribution in [0.1, 0.15) is 12.8 Å². The summed E-state index contributed by atoms with van der Waals surface area (Å²) in [5, 5.41) is 4.42. The van der Waals surface area contributed by atoms with E-state index >= 15 is 0 Å². The molecular weight excluding hydrogens is 344 g/mol. The molecule has 2 aromatic rings. The summed E-state index contributed by atoms with van der Waals surface area (Å²) in [5.41, 5.74) is 0. The second kappa shape index (κ2) is 6.75. The minimum Gasteiger partial charge on any atom is -0.338 e. The molecule has 1 aliphatic heterocycles. The van der Waals surface area contributed by atoms with Crippen LogP contribution >= 0.6 is 15.9 Å². The smallest absolute Gasteiger partial charge is 0.225 e. The van der Waals surface area contributed by atoms with E-state index in [1.54, 1.807) is 12.4 Å². The zero-order valence-electron chi connectivity index (χ0n) is 12.5. The van der Waals surface area contributed by atoms with Gasteiger partial charge in [-0.1, -0.05) is 6.92 Å². The van der Waals surface area contributed by atoms with Gasteiger partial charge in [-0.2, -0.15) is 5.10 Å². The van der Waals surface area contributed by atoms with Crippen LogP contribution in [-0.4, -0.2) is 50.8 Å². The molecule has 0 aliphatic carbocycles. The Morgan fingerprint density at radius 2 is 1.82 bits per heavy atom. The first-order valence-electron chi connectivity index (χ1n) is 7.49. The van der Waals surface area contributed by atoms with E-state index in [2.05, 4.69) is 47.7 Å². The van der Waals surface area contributed by atoms with Crippen LogP contribution in [0.2, 0.25) is 0 Å². The lowest BCUT2D eigenvalue weighted by atomic mass is 10.2. The van der Waals surface area contributed by atoms with Crippen molar-refractivity contribution in [1.82, 2.24) is 24.6 Å². The van der Waals surface area contributed by atoms with Crippen LogP contribution in [0.4, 0.5) is 5.95 Å². The lowest BCUT2D eigenvalue weighted by molar-refractivity contribution is 0.0844. The maximum absolute atomic E-state index is 4.42. The van der Waals surface area contributed by atoms with Crippen molar-refractivity contribution in [3.05, 3.63) is 43.8 Å². The maximum Gasteiger partial charge on any atom is 0.225 e. The summed E-state index contributed by atoms with van der Waals surface area (Å²) >= 11 is 3.91. The molecule has 2 aromatic heterocycles. The van der Waals surface area contributed by atoms with Gasteiger partial charge in [0.1, 0.15) is 0 Å². The van der Waals surface area contributed by atoms with E-state index in [0.717, 1.165) is 45.0 Å². The number of piperazine rings is 1. The van der Waals surface area contributed by atoms with Gasteiger partial charge in [-0.25, -0.2) is 14.6 Å². The topological polar surface area (TPSA) is 50.1 Å². The molecule has 0 N–H and O–H groups in total. The average molecular weight is 364 g/mol. The standard InChI is InChI=1S/C15H20BrN6/c1-2-5-15(16,22-9-4-8-19-22)21-12-10-20(11-13-21)14-17-6-3-7-18-14/h3-4,6-9H,1-2,5,10-13H2. The Hall–Kier alpha value is -1.47. The van der Waals surface area contributed by atoms with Gasteiger partial charge in [0.2, 0.25) is 5.95 Å². The fourth-order valence-electron chi connectivity index (χ4n) is 2.82. The largest absolute Gasteiger partial charge is 0.338 e. The van der Waals surface area contributed by atoms with Gasteiger partial charge in [-0.3, -0.25) is 4.90 Å². The van der Waals surface area contributed by atoms with E-state index < -0.39 is 0 Å². The summed E-state index contributed by atoms with van der Waals surface area (Å²) in [6.45, 7) is 7.65. The molecule has 3 rings (SSSR count). The Labute approximate surface area is 139 Å². The van der Waals surface area contributed by atoms with E-state index in [-0.39, 0.29) is 4.57 Å². The number of halogens is 1.